The summed E-state index contributed by atoms with van der Waals surface area (Å²) in [5, 5.41) is 1.04. The number of carbonyl (C=O) groups is 1. The first kappa shape index (κ1) is 13.1. The van der Waals surface area contributed by atoms with Crippen LogP contribution in [0.5, 0.6) is 0 Å². The highest BCUT2D eigenvalue weighted by Crippen LogP contribution is 2.38. The van der Waals surface area contributed by atoms with E-state index in [1.165, 1.54) is 17.8 Å². The van der Waals surface area contributed by atoms with Crippen LogP contribution in [-0.2, 0) is 0 Å². The van der Waals surface area contributed by atoms with Gasteiger partial charge in [-0.05, 0) is 24.7 Å². The zero-order valence-electron chi connectivity index (χ0n) is 11.5. The number of carbonyl (C=O) groups excluding carboxylic acids is 1. The Hall–Kier alpha value is -0.940. The van der Waals surface area contributed by atoms with Crippen LogP contribution in [0.15, 0.2) is 6.20 Å². The molecule has 3 atom stereocenters. The van der Waals surface area contributed by atoms with Crippen LogP contribution in [0.3, 0.4) is 0 Å². The van der Waals surface area contributed by atoms with Gasteiger partial charge in [-0.15, -0.1) is 11.3 Å². The van der Waals surface area contributed by atoms with E-state index in [0.29, 0.717) is 17.8 Å². The van der Waals surface area contributed by atoms with Gasteiger partial charge in [0, 0.05) is 25.0 Å². The highest BCUT2D eigenvalue weighted by molar-refractivity contribution is 7.13. The van der Waals surface area contributed by atoms with Crippen LogP contribution in [0.1, 0.15) is 47.3 Å². The fraction of sp³-hybridized carbons (Fsp3) is 0.714. The molecule has 0 spiro atoms. The van der Waals surface area contributed by atoms with Crippen LogP contribution in [0.25, 0.3) is 0 Å². The summed E-state index contributed by atoms with van der Waals surface area (Å²) in [6, 6.07) is 0.287. The van der Waals surface area contributed by atoms with Gasteiger partial charge >= 0.3 is 0 Å². The van der Waals surface area contributed by atoms with Crippen molar-refractivity contribution in [1.29, 1.82) is 0 Å². The second kappa shape index (κ2) is 4.87. The summed E-state index contributed by atoms with van der Waals surface area (Å²) in [5.41, 5.74) is 6.12. The molecular weight excluding hydrogens is 258 g/mol. The van der Waals surface area contributed by atoms with E-state index in [2.05, 4.69) is 18.8 Å². The molecule has 3 unspecified atom stereocenters. The molecule has 2 aliphatic rings. The highest BCUT2D eigenvalue weighted by atomic mass is 32.1. The quantitative estimate of drug-likeness (QED) is 0.901. The zero-order chi connectivity index (χ0) is 13.6. The lowest BCUT2D eigenvalue weighted by Gasteiger charge is -2.17. The molecule has 3 rings (SSSR count). The largest absolute Gasteiger partial charge is 0.337 e. The minimum atomic E-state index is 0.144. The molecule has 0 bridgehead atoms. The van der Waals surface area contributed by atoms with Gasteiger partial charge in [0.1, 0.15) is 4.88 Å². The molecule has 1 aromatic heterocycles. The number of amides is 1. The summed E-state index contributed by atoms with van der Waals surface area (Å²) >= 11 is 1.53. The maximum Gasteiger partial charge on any atom is 0.265 e. The predicted molar refractivity (Wildman–Crippen MR) is 76.3 cm³/mol. The van der Waals surface area contributed by atoms with E-state index in [1.807, 2.05) is 4.90 Å². The summed E-state index contributed by atoms with van der Waals surface area (Å²) in [6.45, 7) is 5.92. The van der Waals surface area contributed by atoms with Gasteiger partial charge in [-0.3, -0.25) is 4.79 Å². The van der Waals surface area contributed by atoms with Crippen molar-refractivity contribution in [3.8, 4) is 0 Å². The van der Waals surface area contributed by atoms with Crippen molar-refractivity contribution in [3.63, 3.8) is 0 Å². The van der Waals surface area contributed by atoms with Gasteiger partial charge in [-0.1, -0.05) is 13.8 Å². The Morgan fingerprint density at radius 3 is 2.89 bits per heavy atom. The van der Waals surface area contributed by atoms with Crippen LogP contribution in [0.4, 0.5) is 0 Å². The molecular formula is C14H21N3OS. The van der Waals surface area contributed by atoms with Crippen molar-refractivity contribution in [2.24, 2.45) is 17.6 Å². The van der Waals surface area contributed by atoms with Crippen LogP contribution >= 0.6 is 11.3 Å². The predicted octanol–water partition coefficient (Wildman–Crippen LogP) is 2.08. The monoisotopic (exact) mass is 279 g/mol. The smallest absolute Gasteiger partial charge is 0.265 e. The van der Waals surface area contributed by atoms with Crippen molar-refractivity contribution < 1.29 is 4.79 Å². The van der Waals surface area contributed by atoms with E-state index in [-0.39, 0.29) is 11.9 Å². The molecule has 5 heteroatoms. The number of aromatic nitrogens is 1. The number of hydrogen-bond acceptors (Lipinski definition) is 4. The van der Waals surface area contributed by atoms with Crippen LogP contribution in [-0.4, -0.2) is 34.9 Å². The Morgan fingerprint density at radius 1 is 1.47 bits per heavy atom. The first-order valence-electron chi connectivity index (χ1n) is 7.07. The first-order valence-corrected chi connectivity index (χ1v) is 7.88. The number of fused-ring (bicyclic) bond motifs is 1. The van der Waals surface area contributed by atoms with Gasteiger partial charge in [0.15, 0.2) is 0 Å². The van der Waals surface area contributed by atoms with Crippen molar-refractivity contribution in [2.45, 2.75) is 38.6 Å². The summed E-state index contributed by atoms with van der Waals surface area (Å²) in [7, 11) is 0. The highest BCUT2D eigenvalue weighted by Gasteiger charge is 2.42. The number of nitrogens with two attached hydrogens (primary N) is 1. The average molecular weight is 279 g/mol. The molecule has 1 aliphatic carbocycles. The Kier molecular flexibility index (Phi) is 3.35. The Balaban J connectivity index is 1.71. The van der Waals surface area contributed by atoms with E-state index in [4.69, 9.17) is 5.73 Å². The zero-order valence-corrected chi connectivity index (χ0v) is 12.3. The second-order valence-corrected chi connectivity index (χ2v) is 7.15. The average Bonchev–Trinajstić information content (AvgIpc) is 3.05. The summed E-state index contributed by atoms with van der Waals surface area (Å²) in [6.07, 6.45) is 4.03. The number of thiazole rings is 1. The normalized spacial score (nSPS) is 30.1. The first-order chi connectivity index (χ1) is 9.06. The van der Waals surface area contributed by atoms with Crippen molar-refractivity contribution in [2.75, 3.05) is 13.1 Å². The van der Waals surface area contributed by atoms with E-state index < -0.39 is 0 Å². The third-order valence-electron chi connectivity index (χ3n) is 4.43. The van der Waals surface area contributed by atoms with Gasteiger partial charge in [-0.25, -0.2) is 4.98 Å². The molecule has 1 aromatic rings. The lowest BCUT2D eigenvalue weighted by atomic mass is 9.98. The Morgan fingerprint density at radius 2 is 2.26 bits per heavy atom. The summed E-state index contributed by atoms with van der Waals surface area (Å²) < 4.78 is 0. The number of likely N-dealkylation sites (tertiary alicyclic amines) is 1. The molecule has 1 amide bonds. The maximum absolute atomic E-state index is 12.5. The van der Waals surface area contributed by atoms with Gasteiger partial charge < -0.3 is 10.6 Å². The number of rotatable bonds is 2. The summed E-state index contributed by atoms with van der Waals surface area (Å²) in [5.74, 6) is 1.67. The molecule has 104 valence electrons. The third kappa shape index (κ3) is 2.30. The van der Waals surface area contributed by atoms with Gasteiger partial charge in [-0.2, -0.15) is 0 Å². The molecule has 1 saturated heterocycles. The Labute approximate surface area is 118 Å². The fourth-order valence-electron chi connectivity index (χ4n) is 3.28. The van der Waals surface area contributed by atoms with Crippen LogP contribution < -0.4 is 5.73 Å². The standard InChI is InChI=1S/C14H21N3OS/c1-8(2)13-16-5-12(19-13)14(18)17-6-9-3-4-11(15)10(9)7-17/h5,8-11H,3-4,6-7,15H2,1-2H3. The molecule has 4 nitrogen and oxygen atoms in total. The molecule has 2 fully saturated rings. The van der Waals surface area contributed by atoms with E-state index >= 15 is 0 Å². The van der Waals surface area contributed by atoms with Gasteiger partial charge in [0.25, 0.3) is 5.91 Å². The molecule has 0 aromatic carbocycles. The topological polar surface area (TPSA) is 59.2 Å². The molecule has 19 heavy (non-hydrogen) atoms. The van der Waals surface area contributed by atoms with E-state index in [0.717, 1.165) is 29.4 Å². The van der Waals surface area contributed by atoms with Crippen LogP contribution in [0, 0.1) is 11.8 Å². The molecule has 2 heterocycles. The van der Waals surface area contributed by atoms with Crippen LogP contribution in [0.2, 0.25) is 0 Å². The molecule has 1 aliphatic heterocycles. The van der Waals surface area contributed by atoms with Crippen molar-refractivity contribution >= 4 is 17.2 Å². The minimum absolute atomic E-state index is 0.144. The second-order valence-electron chi connectivity index (χ2n) is 6.09. The number of nitrogens with zero attached hydrogens (tertiary/aromatic N) is 2. The fourth-order valence-corrected chi connectivity index (χ4v) is 4.17. The molecule has 2 N–H and O–H groups in total. The lowest BCUT2D eigenvalue weighted by molar-refractivity contribution is 0.0784. The van der Waals surface area contributed by atoms with Crippen molar-refractivity contribution in [1.82, 2.24) is 9.88 Å². The minimum Gasteiger partial charge on any atom is -0.337 e. The lowest BCUT2D eigenvalue weighted by Crippen LogP contribution is -2.33. The SMILES string of the molecule is CC(C)c1ncc(C(=O)N2CC3CCC(N)C3C2)s1. The summed E-state index contributed by atoms with van der Waals surface area (Å²) in [4.78, 5) is 19.6. The van der Waals surface area contributed by atoms with E-state index in [9.17, 15) is 4.79 Å². The molecule has 1 saturated carbocycles. The van der Waals surface area contributed by atoms with Gasteiger partial charge in [0.2, 0.25) is 0 Å². The van der Waals surface area contributed by atoms with Crippen molar-refractivity contribution in [3.05, 3.63) is 16.1 Å². The third-order valence-corrected chi connectivity index (χ3v) is 5.71. The Bertz CT molecular complexity index is 485. The maximum atomic E-state index is 12.5. The number of hydrogen-bond donors (Lipinski definition) is 1. The van der Waals surface area contributed by atoms with Gasteiger partial charge in [0.05, 0.1) is 11.2 Å². The van der Waals surface area contributed by atoms with E-state index in [1.54, 1.807) is 6.20 Å². The molecule has 0 radical (unpaired) electrons.